The second-order valence-electron chi connectivity index (χ2n) is 17.9. The number of carbonyl (C=O) groups excluding carboxylic acids is 1. The lowest BCUT2D eigenvalue weighted by Crippen LogP contribution is -2.70. The minimum absolute atomic E-state index is 0.0141. The van der Waals surface area contributed by atoms with Crippen molar-refractivity contribution in [3.8, 4) is 40.2 Å². The largest absolute Gasteiger partial charge is 0.504 e. The highest BCUT2D eigenvalue weighted by Crippen LogP contribution is 2.64. The number of aliphatic hydroxyl groups is 1. The van der Waals surface area contributed by atoms with Crippen molar-refractivity contribution in [1.82, 2.24) is 15.1 Å². The summed E-state index contributed by atoms with van der Waals surface area (Å²) in [7, 11) is 5.29. The molecular formula is C51H53N3O10S. The van der Waals surface area contributed by atoms with Crippen molar-refractivity contribution in [2.75, 3.05) is 47.0 Å². The number of esters is 1. The summed E-state index contributed by atoms with van der Waals surface area (Å²) in [6, 6.07) is 24.1. The fourth-order valence-corrected chi connectivity index (χ4v) is 13.2. The van der Waals surface area contributed by atoms with Crippen molar-refractivity contribution in [1.29, 1.82) is 0 Å². The Morgan fingerprint density at radius 3 is 2.26 bits per heavy atom. The number of likely N-dealkylation sites (N-methyl/N-ethyl adjacent to an activating group) is 1. The van der Waals surface area contributed by atoms with Crippen LogP contribution in [-0.4, -0.2) is 91.3 Å². The maximum absolute atomic E-state index is 15.0. The molecule has 338 valence electrons. The number of nitrogens with one attached hydrogen (secondary N) is 1. The number of phenols is 1. The Morgan fingerprint density at radius 1 is 0.846 bits per heavy atom. The van der Waals surface area contributed by atoms with E-state index in [0.717, 1.165) is 50.1 Å². The molecule has 2 fully saturated rings. The zero-order valence-electron chi connectivity index (χ0n) is 37.1. The van der Waals surface area contributed by atoms with Crippen LogP contribution in [0.15, 0.2) is 78.9 Å². The molecule has 13 nitrogen and oxygen atoms in total. The molecule has 7 aliphatic heterocycles. The van der Waals surface area contributed by atoms with Crippen molar-refractivity contribution < 1.29 is 48.2 Å². The molecule has 0 aliphatic carbocycles. The van der Waals surface area contributed by atoms with Gasteiger partial charge in [0.1, 0.15) is 31.8 Å². The van der Waals surface area contributed by atoms with Crippen LogP contribution in [-0.2, 0) is 41.1 Å². The Kier molecular flexibility index (Phi) is 10.6. The fraction of sp³-hybridized carbons (Fsp3) is 0.392. The number of piperazine rings is 1. The zero-order chi connectivity index (χ0) is 44.7. The molecule has 0 saturated carbocycles. The molecule has 0 amide bonds. The number of fused-ring (bicyclic) bond motifs is 9. The predicted octanol–water partition coefficient (Wildman–Crippen LogP) is 6.94. The quantitative estimate of drug-likeness (QED) is 0.139. The van der Waals surface area contributed by atoms with E-state index >= 15 is 4.79 Å². The minimum atomic E-state index is -1.31. The number of aliphatic hydroxyl groups excluding tert-OH is 1. The van der Waals surface area contributed by atoms with Crippen molar-refractivity contribution in [3.05, 3.63) is 134 Å². The lowest BCUT2D eigenvalue weighted by Gasteiger charge is -2.62. The Labute approximate surface area is 382 Å². The van der Waals surface area contributed by atoms with Crippen LogP contribution < -0.4 is 33.7 Å². The van der Waals surface area contributed by atoms with E-state index in [-0.39, 0.29) is 42.7 Å². The first-order valence-electron chi connectivity index (χ1n) is 22.2. The zero-order valence-corrected chi connectivity index (χ0v) is 37.9. The molecule has 65 heavy (non-hydrogen) atoms. The summed E-state index contributed by atoms with van der Waals surface area (Å²) in [5, 5.41) is 27.1. The van der Waals surface area contributed by atoms with Crippen molar-refractivity contribution in [2.45, 2.75) is 81.1 Å². The van der Waals surface area contributed by atoms with E-state index < -0.39 is 35.1 Å². The molecule has 7 aliphatic rings. The number of nitrogens with zero attached hydrogens (tertiary/aromatic N) is 2. The van der Waals surface area contributed by atoms with Crippen LogP contribution in [0, 0.1) is 13.8 Å². The van der Waals surface area contributed by atoms with E-state index in [1.807, 2.05) is 62.4 Å². The molecule has 5 aromatic carbocycles. The first kappa shape index (κ1) is 42.0. The summed E-state index contributed by atoms with van der Waals surface area (Å²) in [5.74, 6) is 3.25. The summed E-state index contributed by atoms with van der Waals surface area (Å²) in [6.45, 7) is 5.08. The van der Waals surface area contributed by atoms with Crippen LogP contribution >= 0.6 is 11.8 Å². The van der Waals surface area contributed by atoms with Crippen molar-refractivity contribution in [2.24, 2.45) is 0 Å². The van der Waals surface area contributed by atoms with Gasteiger partial charge in [-0.3, -0.25) is 15.1 Å². The number of hydrogen-bond donors (Lipinski definition) is 3. The average molecular weight is 900 g/mol. The second kappa shape index (κ2) is 16.4. The van der Waals surface area contributed by atoms with Gasteiger partial charge < -0.3 is 43.4 Å². The Morgan fingerprint density at radius 2 is 1.55 bits per heavy atom. The van der Waals surface area contributed by atoms with Crippen LogP contribution in [0.3, 0.4) is 0 Å². The molecule has 0 radical (unpaired) electrons. The molecule has 5 aromatic rings. The van der Waals surface area contributed by atoms with Gasteiger partial charge in [0, 0.05) is 40.6 Å². The highest BCUT2D eigenvalue weighted by Gasteiger charge is 2.61. The Balaban J connectivity index is 1.15. The van der Waals surface area contributed by atoms with E-state index in [1.54, 1.807) is 31.0 Å². The van der Waals surface area contributed by atoms with E-state index in [9.17, 15) is 10.2 Å². The van der Waals surface area contributed by atoms with Crippen LogP contribution in [0.25, 0.3) is 0 Å². The van der Waals surface area contributed by atoms with Gasteiger partial charge in [-0.25, -0.2) is 4.79 Å². The van der Waals surface area contributed by atoms with Gasteiger partial charge in [0.15, 0.2) is 40.0 Å². The maximum Gasteiger partial charge on any atom is 0.331 e. The summed E-state index contributed by atoms with van der Waals surface area (Å²) in [4.78, 5) is 19.5. The van der Waals surface area contributed by atoms with Crippen molar-refractivity contribution >= 4 is 17.7 Å². The molecule has 12 rings (SSSR count). The molecular weight excluding hydrogens is 847 g/mol. The third kappa shape index (κ3) is 6.54. The first-order chi connectivity index (χ1) is 31.6. The van der Waals surface area contributed by atoms with Gasteiger partial charge in [0.25, 0.3) is 0 Å². The highest BCUT2D eigenvalue weighted by atomic mass is 32.2. The van der Waals surface area contributed by atoms with Crippen LogP contribution in [0.4, 0.5) is 0 Å². The molecule has 2 saturated heterocycles. The predicted molar refractivity (Wildman–Crippen MR) is 243 cm³/mol. The normalized spacial score (nSPS) is 26.3. The first-order valence-corrected chi connectivity index (χ1v) is 23.3. The molecule has 7 atom stereocenters. The molecule has 7 heterocycles. The number of rotatable bonds is 8. The van der Waals surface area contributed by atoms with E-state index in [4.69, 9.17) is 33.2 Å². The third-order valence-electron chi connectivity index (χ3n) is 14.5. The average Bonchev–Trinajstić information content (AvgIpc) is 3.82. The summed E-state index contributed by atoms with van der Waals surface area (Å²) in [6.07, 6.45) is 0.168. The minimum Gasteiger partial charge on any atom is -0.504 e. The highest BCUT2D eigenvalue weighted by molar-refractivity contribution is 7.99. The van der Waals surface area contributed by atoms with E-state index in [1.165, 1.54) is 7.11 Å². The SMILES string of the molecule is COc1cc2c(cc1O)CCN[C@]21CS[C@@H]2c3c(OCc4ccccc4)c(C)c4c(c3[C@H](COC1=O)N1C2C2c3c(cc(C)c(OC)c3OCc3ccccc3)C[C@@H]([C@@H]1O)N2C)OCO4. The molecule has 4 bridgehead atoms. The summed E-state index contributed by atoms with van der Waals surface area (Å²) >= 11 is 1.62. The topological polar surface area (TPSA) is 141 Å². The monoisotopic (exact) mass is 899 g/mol. The molecule has 2 unspecified atom stereocenters. The number of carbonyl (C=O) groups is 1. The number of aromatic hydroxyl groups is 1. The molecule has 3 N–H and O–H groups in total. The molecule has 1 spiro atoms. The maximum atomic E-state index is 15.0. The Hall–Kier alpha value is -5.64. The van der Waals surface area contributed by atoms with Gasteiger partial charge in [-0.2, -0.15) is 0 Å². The lowest BCUT2D eigenvalue weighted by molar-refractivity contribution is -0.186. The number of phenolic OH excluding ortho intramolecular Hbond substituents is 1. The number of benzene rings is 5. The van der Waals surface area contributed by atoms with Gasteiger partial charge in [-0.1, -0.05) is 66.7 Å². The number of aryl methyl sites for hydroxylation is 1. The molecule has 0 aromatic heterocycles. The van der Waals surface area contributed by atoms with Gasteiger partial charge >= 0.3 is 5.97 Å². The number of methoxy groups -OCH3 is 2. The summed E-state index contributed by atoms with van der Waals surface area (Å²) in [5.41, 5.74) is 7.83. The smallest absolute Gasteiger partial charge is 0.331 e. The lowest BCUT2D eigenvalue weighted by atomic mass is 9.73. The van der Waals surface area contributed by atoms with Crippen LogP contribution in [0.5, 0.6) is 40.2 Å². The van der Waals surface area contributed by atoms with E-state index in [2.05, 4.69) is 40.4 Å². The van der Waals surface area contributed by atoms with Crippen LogP contribution in [0.2, 0.25) is 0 Å². The van der Waals surface area contributed by atoms with Gasteiger partial charge in [0.2, 0.25) is 6.79 Å². The van der Waals surface area contributed by atoms with Gasteiger partial charge in [0.05, 0.1) is 37.6 Å². The molecule has 14 heteroatoms. The second-order valence-corrected chi connectivity index (χ2v) is 19.0. The standard InChI is InChI=1S/C51H53N3O10S/c1-27-18-32-19-34-49(56)54-35-24-62-50(57)51(33-21-37(58-4)36(55)20-31(33)16-17-52-51)25-65-48(40-39(35)47-45(63-26-64-47)28(2)44(40)60-22-29-12-8-6-9-13-29)42(54)41(53(34)3)38(32)46(43(27)59-5)61-23-30-14-10-7-11-15-30/h6-15,18,20-21,34-35,41-42,48-49,52,55-56H,16-17,19,22-26H2,1-5H3/t34-,35-,41?,42?,48+,49-,51+/m0/s1. The number of thioether (sulfide) groups is 1. The number of ether oxygens (including phenoxy) is 7. The summed E-state index contributed by atoms with van der Waals surface area (Å²) < 4.78 is 45.1. The van der Waals surface area contributed by atoms with Gasteiger partial charge in [-0.15, -0.1) is 11.8 Å². The third-order valence-corrected chi connectivity index (χ3v) is 15.9. The van der Waals surface area contributed by atoms with E-state index in [0.29, 0.717) is 66.9 Å². The van der Waals surface area contributed by atoms with Crippen LogP contribution in [0.1, 0.15) is 73.0 Å². The van der Waals surface area contributed by atoms with Gasteiger partial charge in [-0.05, 0) is 79.3 Å². The number of hydrogen-bond acceptors (Lipinski definition) is 14. The fourth-order valence-electron chi connectivity index (χ4n) is 11.5. The van der Waals surface area contributed by atoms with Crippen molar-refractivity contribution in [3.63, 3.8) is 0 Å². The Bertz CT molecular complexity index is 2690.